The molecule has 136 valence electrons. The molecule has 1 aliphatic rings. The standard InChI is InChI=1S/C18H21N5O3/c24-18(9-10-19-15-5-1-2-6-16(15)23(25)26)21-14-7-8-17(20-13-14)22-11-3-4-12-22/h1-2,5-8,13,19H,3-4,9-12H2,(H,21,24). The number of carbonyl (C=O) groups is 1. The third-order valence-electron chi connectivity index (χ3n) is 4.23. The van der Waals surface area contributed by atoms with Crippen molar-refractivity contribution in [3.63, 3.8) is 0 Å². The maximum atomic E-state index is 12.0. The van der Waals surface area contributed by atoms with Gasteiger partial charge in [-0.1, -0.05) is 12.1 Å². The number of nitro groups is 1. The molecule has 8 nitrogen and oxygen atoms in total. The Morgan fingerprint density at radius 2 is 1.96 bits per heavy atom. The number of nitrogens with one attached hydrogen (secondary N) is 2. The molecular formula is C18H21N5O3. The number of aromatic nitrogens is 1. The number of rotatable bonds is 7. The van der Waals surface area contributed by atoms with Gasteiger partial charge >= 0.3 is 0 Å². The third kappa shape index (κ3) is 4.47. The fraction of sp³-hybridized carbons (Fsp3) is 0.333. The van der Waals surface area contributed by atoms with Crippen LogP contribution in [-0.4, -0.2) is 35.4 Å². The van der Waals surface area contributed by atoms with Gasteiger partial charge in [0.05, 0.1) is 16.8 Å². The van der Waals surface area contributed by atoms with Crippen molar-refractivity contribution in [1.82, 2.24) is 4.98 Å². The average Bonchev–Trinajstić information content (AvgIpc) is 3.17. The summed E-state index contributed by atoms with van der Waals surface area (Å²) in [6.45, 7) is 2.35. The molecule has 0 atom stereocenters. The van der Waals surface area contributed by atoms with Gasteiger partial charge < -0.3 is 15.5 Å². The van der Waals surface area contributed by atoms with Crippen LogP contribution in [0.15, 0.2) is 42.6 Å². The zero-order valence-corrected chi connectivity index (χ0v) is 14.4. The molecular weight excluding hydrogens is 334 g/mol. The third-order valence-corrected chi connectivity index (χ3v) is 4.23. The molecule has 0 bridgehead atoms. The highest BCUT2D eigenvalue weighted by molar-refractivity contribution is 5.91. The van der Waals surface area contributed by atoms with Gasteiger partial charge in [0.1, 0.15) is 11.5 Å². The number of carbonyl (C=O) groups excluding carboxylic acids is 1. The Labute approximate surface area is 151 Å². The van der Waals surface area contributed by atoms with Gasteiger partial charge in [0.25, 0.3) is 5.69 Å². The van der Waals surface area contributed by atoms with Crippen molar-refractivity contribution in [2.24, 2.45) is 0 Å². The van der Waals surface area contributed by atoms with E-state index < -0.39 is 4.92 Å². The molecule has 2 aromatic rings. The number of amides is 1. The topological polar surface area (TPSA) is 100 Å². The lowest BCUT2D eigenvalue weighted by Crippen LogP contribution is -2.19. The summed E-state index contributed by atoms with van der Waals surface area (Å²) in [5.74, 6) is 0.755. The Morgan fingerprint density at radius 1 is 1.19 bits per heavy atom. The first-order valence-corrected chi connectivity index (χ1v) is 8.61. The van der Waals surface area contributed by atoms with E-state index in [2.05, 4.69) is 20.5 Å². The number of hydrogen-bond acceptors (Lipinski definition) is 6. The molecule has 2 N–H and O–H groups in total. The number of pyridine rings is 1. The number of benzene rings is 1. The van der Waals surface area contributed by atoms with Crippen LogP contribution < -0.4 is 15.5 Å². The van der Waals surface area contributed by atoms with E-state index in [1.165, 1.54) is 18.9 Å². The molecule has 1 aromatic carbocycles. The van der Waals surface area contributed by atoms with Crippen LogP contribution in [0.4, 0.5) is 22.9 Å². The van der Waals surface area contributed by atoms with E-state index in [0.717, 1.165) is 18.9 Å². The predicted molar refractivity (Wildman–Crippen MR) is 101 cm³/mol. The average molecular weight is 355 g/mol. The number of nitro benzene ring substituents is 1. The quantitative estimate of drug-likeness (QED) is 0.585. The largest absolute Gasteiger partial charge is 0.379 e. The molecule has 1 saturated heterocycles. The Balaban J connectivity index is 1.48. The number of nitrogens with zero attached hydrogens (tertiary/aromatic N) is 3. The monoisotopic (exact) mass is 355 g/mol. The lowest BCUT2D eigenvalue weighted by atomic mass is 10.2. The van der Waals surface area contributed by atoms with E-state index in [9.17, 15) is 14.9 Å². The van der Waals surface area contributed by atoms with Gasteiger partial charge in [-0.2, -0.15) is 0 Å². The molecule has 1 fully saturated rings. The van der Waals surface area contributed by atoms with E-state index in [1.807, 2.05) is 12.1 Å². The van der Waals surface area contributed by atoms with E-state index in [1.54, 1.807) is 24.4 Å². The minimum atomic E-state index is -0.448. The number of hydrogen-bond donors (Lipinski definition) is 2. The minimum Gasteiger partial charge on any atom is -0.379 e. The molecule has 1 aliphatic heterocycles. The molecule has 0 saturated carbocycles. The van der Waals surface area contributed by atoms with Crippen molar-refractivity contribution in [2.75, 3.05) is 35.2 Å². The summed E-state index contributed by atoms with van der Waals surface area (Å²) in [5.41, 5.74) is 1.04. The van der Waals surface area contributed by atoms with Crippen LogP contribution >= 0.6 is 0 Å². The van der Waals surface area contributed by atoms with Gasteiger partial charge in [0, 0.05) is 32.1 Å². The van der Waals surface area contributed by atoms with Gasteiger partial charge in [0.15, 0.2) is 0 Å². The summed E-state index contributed by atoms with van der Waals surface area (Å²) in [7, 11) is 0. The molecule has 0 radical (unpaired) electrons. The first-order chi connectivity index (χ1) is 12.6. The molecule has 0 aliphatic carbocycles. The predicted octanol–water partition coefficient (Wildman–Crippen LogP) is 3.03. The molecule has 1 aromatic heterocycles. The van der Waals surface area contributed by atoms with E-state index in [0.29, 0.717) is 17.9 Å². The van der Waals surface area contributed by atoms with E-state index in [-0.39, 0.29) is 18.0 Å². The van der Waals surface area contributed by atoms with Crippen molar-refractivity contribution >= 4 is 28.8 Å². The summed E-state index contributed by atoms with van der Waals surface area (Å²) < 4.78 is 0. The van der Waals surface area contributed by atoms with E-state index >= 15 is 0 Å². The van der Waals surface area contributed by atoms with Gasteiger partial charge in [0.2, 0.25) is 5.91 Å². The van der Waals surface area contributed by atoms with Crippen molar-refractivity contribution in [2.45, 2.75) is 19.3 Å². The first-order valence-electron chi connectivity index (χ1n) is 8.61. The summed E-state index contributed by atoms with van der Waals surface area (Å²) in [4.78, 5) is 29.2. The highest BCUT2D eigenvalue weighted by Gasteiger charge is 2.14. The second-order valence-electron chi connectivity index (χ2n) is 6.10. The zero-order valence-electron chi connectivity index (χ0n) is 14.4. The lowest BCUT2D eigenvalue weighted by Gasteiger charge is -2.16. The molecule has 26 heavy (non-hydrogen) atoms. The summed E-state index contributed by atoms with van der Waals surface area (Å²) in [6, 6.07) is 10.1. The zero-order chi connectivity index (χ0) is 18.4. The second-order valence-corrected chi connectivity index (χ2v) is 6.10. The van der Waals surface area contributed by atoms with Crippen LogP contribution in [0.25, 0.3) is 0 Å². The maximum Gasteiger partial charge on any atom is 0.292 e. The molecule has 8 heteroatoms. The minimum absolute atomic E-state index is 0.00499. The fourth-order valence-corrected chi connectivity index (χ4v) is 2.91. The van der Waals surface area contributed by atoms with Gasteiger partial charge in [-0.3, -0.25) is 14.9 Å². The van der Waals surface area contributed by atoms with Crippen molar-refractivity contribution < 1.29 is 9.72 Å². The van der Waals surface area contributed by atoms with Gasteiger partial charge in [-0.15, -0.1) is 0 Å². The van der Waals surface area contributed by atoms with Crippen LogP contribution in [0, 0.1) is 10.1 Å². The van der Waals surface area contributed by atoms with Crippen LogP contribution in [0.3, 0.4) is 0 Å². The van der Waals surface area contributed by atoms with Crippen LogP contribution in [0.5, 0.6) is 0 Å². The SMILES string of the molecule is O=C(CCNc1ccccc1[N+](=O)[O-])Nc1ccc(N2CCCC2)nc1. The molecule has 3 rings (SSSR count). The number of para-hydroxylation sites is 2. The molecule has 0 spiro atoms. The summed E-state index contributed by atoms with van der Waals surface area (Å²) in [5, 5.41) is 16.7. The Morgan fingerprint density at radius 3 is 2.65 bits per heavy atom. The second kappa shape index (κ2) is 8.28. The van der Waals surface area contributed by atoms with Crippen LogP contribution in [0.1, 0.15) is 19.3 Å². The highest BCUT2D eigenvalue weighted by Crippen LogP contribution is 2.23. The first kappa shape index (κ1) is 17.7. The Bertz CT molecular complexity index is 773. The van der Waals surface area contributed by atoms with E-state index in [4.69, 9.17) is 0 Å². The normalized spacial score (nSPS) is 13.5. The van der Waals surface area contributed by atoms with Crippen molar-refractivity contribution in [3.8, 4) is 0 Å². The Hall–Kier alpha value is -3.16. The Kier molecular flexibility index (Phi) is 5.62. The van der Waals surface area contributed by atoms with Gasteiger partial charge in [-0.25, -0.2) is 4.98 Å². The highest BCUT2D eigenvalue weighted by atomic mass is 16.6. The summed E-state index contributed by atoms with van der Waals surface area (Å²) in [6.07, 6.45) is 4.22. The van der Waals surface area contributed by atoms with Crippen LogP contribution in [-0.2, 0) is 4.79 Å². The van der Waals surface area contributed by atoms with Crippen LogP contribution in [0.2, 0.25) is 0 Å². The van der Waals surface area contributed by atoms with Crippen molar-refractivity contribution in [3.05, 3.63) is 52.7 Å². The van der Waals surface area contributed by atoms with Gasteiger partial charge in [-0.05, 0) is 31.0 Å². The number of anilines is 3. The summed E-state index contributed by atoms with van der Waals surface area (Å²) >= 11 is 0. The fourth-order valence-electron chi connectivity index (χ4n) is 2.91. The lowest BCUT2D eigenvalue weighted by molar-refractivity contribution is -0.384. The molecule has 1 amide bonds. The van der Waals surface area contributed by atoms with Crippen molar-refractivity contribution in [1.29, 1.82) is 0 Å². The molecule has 2 heterocycles. The molecule has 0 unspecified atom stereocenters. The maximum absolute atomic E-state index is 12.0. The smallest absolute Gasteiger partial charge is 0.292 e.